The van der Waals surface area contributed by atoms with E-state index in [0.717, 1.165) is 0 Å². The number of carboxylic acids is 1. The van der Waals surface area contributed by atoms with E-state index in [1.807, 2.05) is 0 Å². The summed E-state index contributed by atoms with van der Waals surface area (Å²) in [5, 5.41) is 9.22. The lowest BCUT2D eigenvalue weighted by Crippen LogP contribution is -2.22. The van der Waals surface area contributed by atoms with E-state index in [0.29, 0.717) is 16.2 Å². The van der Waals surface area contributed by atoms with Crippen LogP contribution in [0.1, 0.15) is 20.7 Å². The molecule has 0 amide bonds. The monoisotopic (exact) mass is 275 g/mol. The fourth-order valence-electron chi connectivity index (χ4n) is 2.24. The van der Waals surface area contributed by atoms with Crippen LogP contribution in [-0.4, -0.2) is 39.5 Å². The van der Waals surface area contributed by atoms with Gasteiger partial charge >= 0.3 is 5.97 Å². The fraction of sp³-hybridized carbons (Fsp3) is 0.231. The van der Waals surface area contributed by atoms with Crippen LogP contribution in [0.3, 0.4) is 0 Å². The van der Waals surface area contributed by atoms with E-state index in [2.05, 4.69) is 4.99 Å². The normalized spacial score (nSPS) is 22.5. The summed E-state index contributed by atoms with van der Waals surface area (Å²) < 4.78 is 0. The molecule has 0 saturated heterocycles. The van der Waals surface area contributed by atoms with Gasteiger partial charge in [0, 0.05) is 16.9 Å². The molecule has 1 aromatic carbocycles. The Kier molecular flexibility index (Phi) is 2.74. The van der Waals surface area contributed by atoms with Crippen molar-refractivity contribution in [1.82, 2.24) is 0 Å². The zero-order valence-corrected chi connectivity index (χ0v) is 10.5. The van der Waals surface area contributed by atoms with Crippen molar-refractivity contribution in [3.63, 3.8) is 0 Å². The average molecular weight is 275 g/mol. The number of ketones is 2. The van der Waals surface area contributed by atoms with Crippen LogP contribution in [0, 0.1) is 5.92 Å². The summed E-state index contributed by atoms with van der Waals surface area (Å²) in [6.07, 6.45) is 0. The van der Waals surface area contributed by atoms with E-state index < -0.39 is 17.9 Å². The number of aliphatic imine (C=N–C) groups is 1. The molecule has 2 aliphatic rings. The van der Waals surface area contributed by atoms with Gasteiger partial charge in [0.2, 0.25) is 0 Å². The summed E-state index contributed by atoms with van der Waals surface area (Å²) in [5.74, 6) is -2.25. The maximum Gasteiger partial charge on any atom is 0.329 e. The second kappa shape index (κ2) is 4.31. The Morgan fingerprint density at radius 1 is 1.21 bits per heavy atom. The predicted molar refractivity (Wildman–Crippen MR) is 69.9 cm³/mol. The molecule has 0 radical (unpaired) electrons. The number of nitrogens with zero attached hydrogens (tertiary/aromatic N) is 1. The maximum absolute atomic E-state index is 12.2. The van der Waals surface area contributed by atoms with Crippen LogP contribution in [0.5, 0.6) is 0 Å². The Morgan fingerprint density at radius 2 is 1.79 bits per heavy atom. The summed E-state index contributed by atoms with van der Waals surface area (Å²) >= 11 is 1.18. The lowest BCUT2D eigenvalue weighted by molar-refractivity contribution is -0.137. The standard InChI is InChI=1S/C13H9NO4S/c15-10-6-3-1-2-4-7(6)11(16)9(10)12-14-8(5-19-12)13(17)18/h1-4,8-9H,5H2,(H,17,18)/t8-/m1/s1. The number of fused-ring (bicyclic) bond motifs is 1. The number of hydrogen-bond acceptors (Lipinski definition) is 5. The largest absolute Gasteiger partial charge is 0.480 e. The van der Waals surface area contributed by atoms with Gasteiger partial charge in [0.1, 0.15) is 5.92 Å². The van der Waals surface area contributed by atoms with Gasteiger partial charge < -0.3 is 5.11 Å². The molecule has 1 aliphatic carbocycles. The number of carbonyl (C=O) groups is 3. The number of aliphatic carboxylic acids is 1. The highest BCUT2D eigenvalue weighted by molar-refractivity contribution is 8.14. The number of hydrogen-bond donors (Lipinski definition) is 1. The zero-order valence-electron chi connectivity index (χ0n) is 9.70. The van der Waals surface area contributed by atoms with Crippen LogP contribution in [0.2, 0.25) is 0 Å². The molecule has 0 saturated carbocycles. The molecule has 0 spiro atoms. The maximum atomic E-state index is 12.2. The van der Waals surface area contributed by atoms with Crippen LogP contribution in [0.25, 0.3) is 0 Å². The van der Waals surface area contributed by atoms with Gasteiger partial charge in [-0.25, -0.2) is 4.79 Å². The number of rotatable bonds is 2. The molecule has 1 heterocycles. The van der Waals surface area contributed by atoms with E-state index in [4.69, 9.17) is 5.11 Å². The van der Waals surface area contributed by atoms with Gasteiger partial charge in [0.05, 0.1) is 5.04 Å². The highest BCUT2D eigenvalue weighted by Crippen LogP contribution is 2.33. The molecule has 0 aromatic heterocycles. The van der Waals surface area contributed by atoms with Crippen molar-refractivity contribution in [1.29, 1.82) is 0 Å². The van der Waals surface area contributed by atoms with E-state index >= 15 is 0 Å². The minimum Gasteiger partial charge on any atom is -0.480 e. The zero-order chi connectivity index (χ0) is 13.6. The van der Waals surface area contributed by atoms with E-state index in [1.165, 1.54) is 11.8 Å². The third-order valence-electron chi connectivity index (χ3n) is 3.19. The van der Waals surface area contributed by atoms with Crippen molar-refractivity contribution in [2.75, 3.05) is 5.75 Å². The minimum atomic E-state index is -1.03. The van der Waals surface area contributed by atoms with Gasteiger partial charge in [-0.15, -0.1) is 11.8 Å². The Hall–Kier alpha value is -1.95. The van der Waals surface area contributed by atoms with Crippen LogP contribution >= 0.6 is 11.8 Å². The van der Waals surface area contributed by atoms with E-state index in [1.54, 1.807) is 24.3 Å². The number of carboxylic acid groups (broad SMARTS) is 1. The van der Waals surface area contributed by atoms with E-state index in [9.17, 15) is 14.4 Å². The SMILES string of the molecule is O=C1c2ccccc2C(=O)C1C1=N[C@@H](C(=O)O)CS1. The summed E-state index contributed by atoms with van der Waals surface area (Å²) in [6.45, 7) is 0. The molecule has 1 atom stereocenters. The molecular formula is C13H9NO4S. The molecule has 1 aromatic rings. The van der Waals surface area contributed by atoms with Gasteiger partial charge in [0.25, 0.3) is 0 Å². The van der Waals surface area contributed by atoms with Crippen LogP contribution in [0.4, 0.5) is 0 Å². The molecule has 19 heavy (non-hydrogen) atoms. The summed E-state index contributed by atoms with van der Waals surface area (Å²) in [4.78, 5) is 39.3. The Labute approximate surface area is 112 Å². The van der Waals surface area contributed by atoms with Crippen LogP contribution in [-0.2, 0) is 4.79 Å². The topological polar surface area (TPSA) is 83.8 Å². The highest BCUT2D eigenvalue weighted by Gasteiger charge is 2.44. The molecule has 0 fully saturated rings. The second-order valence-corrected chi connectivity index (χ2v) is 5.38. The Morgan fingerprint density at radius 3 is 2.26 bits per heavy atom. The third kappa shape index (κ3) is 1.79. The lowest BCUT2D eigenvalue weighted by atomic mass is 10.1. The van der Waals surface area contributed by atoms with Gasteiger partial charge in [0.15, 0.2) is 17.6 Å². The Balaban J connectivity index is 1.97. The molecule has 6 heteroatoms. The quantitative estimate of drug-likeness (QED) is 0.822. The molecule has 1 N–H and O–H groups in total. The number of thioether (sulfide) groups is 1. The first-order valence-corrected chi connectivity index (χ1v) is 6.69. The van der Waals surface area contributed by atoms with E-state index in [-0.39, 0.29) is 17.3 Å². The molecule has 3 rings (SSSR count). The molecule has 1 aliphatic heterocycles. The van der Waals surface area contributed by atoms with Crippen molar-refractivity contribution in [3.8, 4) is 0 Å². The Bertz CT molecular complexity index is 602. The van der Waals surface area contributed by atoms with Crippen molar-refractivity contribution in [3.05, 3.63) is 35.4 Å². The first-order chi connectivity index (χ1) is 9.09. The summed E-state index contributed by atoms with van der Waals surface area (Å²) in [7, 11) is 0. The predicted octanol–water partition coefficient (Wildman–Crippen LogP) is 1.28. The van der Waals surface area contributed by atoms with Gasteiger partial charge in [-0.2, -0.15) is 0 Å². The first kappa shape index (κ1) is 12.1. The fourth-order valence-corrected chi connectivity index (χ4v) is 3.37. The molecule has 96 valence electrons. The van der Waals surface area contributed by atoms with Crippen LogP contribution < -0.4 is 0 Å². The number of Topliss-reactive ketones (excluding diaryl/α,β-unsaturated/α-hetero) is 2. The summed E-state index contributed by atoms with van der Waals surface area (Å²) in [5.41, 5.74) is 0.805. The lowest BCUT2D eigenvalue weighted by Gasteiger charge is -2.04. The smallest absolute Gasteiger partial charge is 0.329 e. The van der Waals surface area contributed by atoms with Gasteiger partial charge in [-0.1, -0.05) is 24.3 Å². The van der Waals surface area contributed by atoms with Crippen molar-refractivity contribution in [2.24, 2.45) is 10.9 Å². The molecule has 0 unspecified atom stereocenters. The third-order valence-corrected chi connectivity index (χ3v) is 4.31. The highest BCUT2D eigenvalue weighted by atomic mass is 32.2. The number of carbonyl (C=O) groups excluding carboxylic acids is 2. The van der Waals surface area contributed by atoms with Crippen molar-refractivity contribution < 1.29 is 19.5 Å². The van der Waals surface area contributed by atoms with Crippen LogP contribution in [0.15, 0.2) is 29.3 Å². The number of benzene rings is 1. The van der Waals surface area contributed by atoms with Gasteiger partial charge in [-0.3, -0.25) is 14.6 Å². The summed E-state index contributed by atoms with van der Waals surface area (Å²) in [6, 6.07) is 5.78. The van der Waals surface area contributed by atoms with Gasteiger partial charge in [-0.05, 0) is 0 Å². The first-order valence-electron chi connectivity index (χ1n) is 5.70. The second-order valence-electron chi connectivity index (χ2n) is 4.34. The molecule has 5 nitrogen and oxygen atoms in total. The minimum absolute atomic E-state index is 0.276. The average Bonchev–Trinajstić information content (AvgIpc) is 2.96. The van der Waals surface area contributed by atoms with Crippen molar-refractivity contribution >= 4 is 34.3 Å². The molecular weight excluding hydrogens is 266 g/mol. The van der Waals surface area contributed by atoms with Crippen molar-refractivity contribution in [2.45, 2.75) is 6.04 Å². The molecule has 0 bridgehead atoms.